The molecule has 0 aliphatic carbocycles. The van der Waals surface area contributed by atoms with Gasteiger partial charge in [0, 0.05) is 20.6 Å². The Morgan fingerprint density at radius 3 is 2.32 bits per heavy atom. The summed E-state index contributed by atoms with van der Waals surface area (Å²) in [6.45, 7) is 4.48. The summed E-state index contributed by atoms with van der Waals surface area (Å²) in [6, 6.07) is 7.26. The van der Waals surface area contributed by atoms with Gasteiger partial charge in [-0.3, -0.25) is 4.79 Å². The predicted octanol–water partition coefficient (Wildman–Crippen LogP) is 0.243. The van der Waals surface area contributed by atoms with E-state index < -0.39 is 12.0 Å². The Morgan fingerprint density at radius 1 is 1.29 bits per heavy atom. The van der Waals surface area contributed by atoms with Crippen molar-refractivity contribution in [2.75, 3.05) is 40.6 Å². The van der Waals surface area contributed by atoms with E-state index in [1.54, 1.807) is 26.4 Å². The first-order chi connectivity index (χ1) is 13.4. The lowest BCUT2D eigenvalue weighted by molar-refractivity contribution is -0.116. The number of aliphatic hydroxyl groups is 2. The molecule has 0 radical (unpaired) electrons. The molecule has 164 valence electrons. The van der Waals surface area contributed by atoms with Gasteiger partial charge in [0.05, 0.1) is 26.4 Å². The summed E-state index contributed by atoms with van der Waals surface area (Å²) in [5, 5.41) is 17.8. The highest BCUT2D eigenvalue weighted by Crippen LogP contribution is 2.14. The van der Waals surface area contributed by atoms with Crippen molar-refractivity contribution in [2.45, 2.75) is 33.0 Å². The van der Waals surface area contributed by atoms with Gasteiger partial charge in [-0.15, -0.1) is 0 Å². The Kier molecular flexibility index (Phi) is 27.3. The first-order valence-electron chi connectivity index (χ1n) is 8.85. The molecule has 0 fully saturated rings. The minimum absolute atomic E-state index is 0.0476. The summed E-state index contributed by atoms with van der Waals surface area (Å²) in [5.41, 5.74) is 10.2. The Hall–Kier alpha value is -2.04. The van der Waals surface area contributed by atoms with Crippen LogP contribution >= 0.6 is 0 Å². The third kappa shape index (κ3) is 24.0. The van der Waals surface area contributed by atoms with Crippen LogP contribution in [0.15, 0.2) is 24.3 Å². The highest BCUT2D eigenvalue weighted by molar-refractivity contribution is 5.75. The molecular weight excluding hydrogens is 368 g/mol. The van der Waals surface area contributed by atoms with Crippen molar-refractivity contribution in [2.24, 2.45) is 11.5 Å². The van der Waals surface area contributed by atoms with E-state index in [9.17, 15) is 9.59 Å². The number of carbonyl (C=O) groups is 2. The van der Waals surface area contributed by atoms with E-state index in [2.05, 4.69) is 10.5 Å². The monoisotopic (exact) mass is 404 g/mol. The lowest BCUT2D eigenvalue weighted by Gasteiger charge is -2.11. The van der Waals surface area contributed by atoms with Crippen LogP contribution in [0.4, 0.5) is 0 Å². The largest absolute Gasteiger partial charge is 0.491 e. The molecule has 9 heteroatoms. The van der Waals surface area contributed by atoms with Crippen molar-refractivity contribution in [3.8, 4) is 5.75 Å². The van der Waals surface area contributed by atoms with Gasteiger partial charge in [0.1, 0.15) is 24.7 Å². The average molecular weight is 405 g/mol. The third-order valence-electron chi connectivity index (χ3n) is 2.40. The maximum absolute atomic E-state index is 10.1. The first kappa shape index (κ1) is 30.7. The van der Waals surface area contributed by atoms with Gasteiger partial charge >= 0.3 is 0 Å². The van der Waals surface area contributed by atoms with E-state index in [1.165, 1.54) is 0 Å². The number of benzene rings is 1. The van der Waals surface area contributed by atoms with E-state index >= 15 is 0 Å². The van der Waals surface area contributed by atoms with Crippen LogP contribution in [-0.2, 0) is 25.7 Å². The smallest absolute Gasteiger partial charge is 0.231 e. The average Bonchev–Trinajstić information content (AvgIpc) is 2.72. The molecule has 0 heterocycles. The zero-order valence-electron chi connectivity index (χ0n) is 17.3. The molecule has 0 saturated heterocycles. The number of aldehydes is 1. The molecule has 1 unspecified atom stereocenters. The van der Waals surface area contributed by atoms with Crippen molar-refractivity contribution in [1.82, 2.24) is 0 Å². The number of ether oxygens (including phenoxy) is 3. The van der Waals surface area contributed by atoms with Crippen LogP contribution in [0.5, 0.6) is 5.75 Å². The first-order valence-corrected chi connectivity index (χ1v) is 8.85. The molecule has 9 nitrogen and oxygen atoms in total. The van der Waals surface area contributed by atoms with E-state index in [0.717, 1.165) is 11.8 Å². The van der Waals surface area contributed by atoms with E-state index in [4.69, 9.17) is 25.4 Å². The molecule has 0 aliphatic heterocycles. The maximum Gasteiger partial charge on any atom is 0.231 e. The number of primary amides is 1. The molecule has 6 N–H and O–H groups in total. The van der Waals surface area contributed by atoms with Crippen LogP contribution in [0.1, 0.15) is 25.8 Å². The summed E-state index contributed by atoms with van der Waals surface area (Å²) in [7, 11) is 3.25. The van der Waals surface area contributed by atoms with Gasteiger partial charge < -0.3 is 40.7 Å². The fraction of sp³-hybridized carbons (Fsp3) is 0.579. The molecule has 1 rings (SSSR count). The van der Waals surface area contributed by atoms with E-state index in [0.29, 0.717) is 25.4 Å². The summed E-state index contributed by atoms with van der Waals surface area (Å²) in [6.07, 6.45) is 0.326. The van der Waals surface area contributed by atoms with E-state index in [-0.39, 0.29) is 19.8 Å². The zero-order valence-corrected chi connectivity index (χ0v) is 17.3. The Morgan fingerprint density at radius 2 is 1.86 bits per heavy atom. The number of nitrogens with two attached hydrogens (primary N) is 2. The van der Waals surface area contributed by atoms with Crippen LogP contribution < -0.4 is 16.2 Å². The van der Waals surface area contributed by atoms with Gasteiger partial charge in [-0.25, -0.2) is 0 Å². The number of hydrogen-bond donors (Lipinski definition) is 4. The molecule has 1 amide bonds. The molecule has 0 bridgehead atoms. The second kappa shape index (κ2) is 25.0. The van der Waals surface area contributed by atoms with Crippen molar-refractivity contribution >= 4 is 12.2 Å². The number of hydrogen-bond acceptors (Lipinski definition) is 8. The van der Waals surface area contributed by atoms with Gasteiger partial charge in [0.25, 0.3) is 0 Å². The molecule has 0 aromatic heterocycles. The third-order valence-corrected chi connectivity index (χ3v) is 2.40. The fourth-order valence-electron chi connectivity index (χ4n) is 1.29. The molecule has 0 saturated carbocycles. The summed E-state index contributed by atoms with van der Waals surface area (Å²) in [4.78, 5) is 19.6. The number of methoxy groups -OCH3 is 1. The number of aliphatic hydroxyl groups excluding tert-OH is 2. The molecule has 28 heavy (non-hydrogen) atoms. The molecule has 1 aromatic carbocycles. The van der Waals surface area contributed by atoms with Crippen molar-refractivity contribution in [3.63, 3.8) is 0 Å². The highest BCUT2D eigenvalue weighted by atomic mass is 16.5. The van der Waals surface area contributed by atoms with Crippen molar-refractivity contribution in [1.29, 1.82) is 0 Å². The van der Waals surface area contributed by atoms with E-state index in [1.807, 2.05) is 26.0 Å². The second-order valence-corrected chi connectivity index (χ2v) is 4.88. The van der Waals surface area contributed by atoms with Crippen LogP contribution in [0.25, 0.3) is 0 Å². The van der Waals surface area contributed by atoms with Gasteiger partial charge in [-0.05, 0) is 17.7 Å². The molecule has 0 spiro atoms. The maximum atomic E-state index is 10.1. The Balaban J connectivity index is -0.000000523. The molecule has 1 atom stereocenters. The van der Waals surface area contributed by atoms with Crippen molar-refractivity contribution < 1.29 is 34.0 Å². The number of rotatable bonds is 10. The number of amides is 1. The molecule has 1 aromatic rings. The minimum Gasteiger partial charge on any atom is -0.491 e. The zero-order chi connectivity index (χ0) is 22.2. The Labute approximate surface area is 167 Å². The standard InChI is InChI=1S/C13H18O5.C2H6N2O.C2H6O.C2H6/c14-5-2-6-17-9-11-3-1-4-13(7-11)18-10-12(16)8-15;3-1-2(4)5;1-3-2;1-2/h1,3-5,7,12,15-16H,2,6,8-10H2;1,3H2,(H2,4,5);1-2H3;1-2H3. The lowest BCUT2D eigenvalue weighted by Crippen LogP contribution is -2.21. The Bertz CT molecular complexity index is 473. The topological polar surface area (TPSA) is 154 Å². The molecular formula is C19H36N2O7. The van der Waals surface area contributed by atoms with Gasteiger partial charge in [-0.1, -0.05) is 26.0 Å². The summed E-state index contributed by atoms with van der Waals surface area (Å²) in [5.74, 6) is 0.143. The highest BCUT2D eigenvalue weighted by Gasteiger charge is 2.03. The fourth-order valence-corrected chi connectivity index (χ4v) is 1.29. The van der Waals surface area contributed by atoms with Crippen LogP contribution in [0, 0.1) is 0 Å². The normalized spacial score (nSPS) is 9.96. The van der Waals surface area contributed by atoms with Gasteiger partial charge in [0.15, 0.2) is 0 Å². The quantitative estimate of drug-likeness (QED) is 0.319. The lowest BCUT2D eigenvalue weighted by atomic mass is 10.2. The minimum atomic E-state index is -0.877. The van der Waals surface area contributed by atoms with Gasteiger partial charge in [-0.2, -0.15) is 0 Å². The number of carbonyl (C=O) groups excluding carboxylic acids is 2. The molecule has 0 aliphatic rings. The van der Waals surface area contributed by atoms with Crippen LogP contribution in [0.2, 0.25) is 0 Å². The van der Waals surface area contributed by atoms with Gasteiger partial charge in [0.2, 0.25) is 5.91 Å². The van der Waals surface area contributed by atoms with Crippen LogP contribution in [0.3, 0.4) is 0 Å². The SMILES string of the molecule is CC.COC.NCC(N)=O.O=CCCOCc1cccc(OCC(O)CO)c1. The predicted molar refractivity (Wildman–Crippen MR) is 108 cm³/mol. The second-order valence-electron chi connectivity index (χ2n) is 4.88. The summed E-state index contributed by atoms with van der Waals surface area (Å²) >= 11 is 0. The summed E-state index contributed by atoms with van der Waals surface area (Å²) < 4.78 is 14.8. The van der Waals surface area contributed by atoms with Crippen molar-refractivity contribution in [3.05, 3.63) is 29.8 Å². The van der Waals surface area contributed by atoms with Crippen LogP contribution in [-0.4, -0.2) is 69.1 Å².